The predicted molar refractivity (Wildman–Crippen MR) is 118 cm³/mol. The lowest BCUT2D eigenvalue weighted by Crippen LogP contribution is -2.70. The fourth-order valence-corrected chi connectivity index (χ4v) is 7.39. The molecule has 2 saturated carbocycles. The van der Waals surface area contributed by atoms with Gasteiger partial charge in [0.05, 0.1) is 4.90 Å². The molecule has 2 saturated heterocycles. The molecule has 4 aliphatic rings. The van der Waals surface area contributed by atoms with Gasteiger partial charge < -0.3 is 9.80 Å². The number of rotatable bonds is 4. The number of carbonyl (C=O) groups is 1. The number of halogens is 1. The lowest BCUT2D eigenvalue weighted by Gasteiger charge is -2.63. The molecule has 2 aliphatic heterocycles. The van der Waals surface area contributed by atoms with Crippen LogP contribution >= 0.6 is 0 Å². The van der Waals surface area contributed by atoms with E-state index in [1.807, 2.05) is 9.80 Å². The molecule has 4 fully saturated rings. The summed E-state index contributed by atoms with van der Waals surface area (Å²) in [6.07, 6.45) is 7.47. The van der Waals surface area contributed by atoms with Crippen molar-refractivity contribution in [3.8, 4) is 0 Å². The summed E-state index contributed by atoms with van der Waals surface area (Å²) in [5, 5.41) is 6.88. The van der Waals surface area contributed by atoms with E-state index in [1.54, 1.807) is 12.4 Å². The summed E-state index contributed by atoms with van der Waals surface area (Å²) >= 11 is 0. The summed E-state index contributed by atoms with van der Waals surface area (Å²) in [7, 11) is -3.43. The van der Waals surface area contributed by atoms with E-state index in [0.717, 1.165) is 75.6 Å². The van der Waals surface area contributed by atoms with E-state index in [2.05, 4.69) is 15.2 Å². The first-order chi connectivity index (χ1) is 15.6. The summed E-state index contributed by atoms with van der Waals surface area (Å²) in [5.41, 5.74) is 1.20. The second kappa shape index (κ2) is 7.01. The van der Waals surface area contributed by atoms with Gasteiger partial charge >= 0.3 is 6.03 Å². The lowest BCUT2D eigenvalue weighted by molar-refractivity contribution is -0.100. The number of likely N-dealkylation sites (tertiary alicyclic amines) is 2. The molecule has 2 aliphatic carbocycles. The van der Waals surface area contributed by atoms with Crippen molar-refractivity contribution in [1.29, 1.82) is 0 Å². The number of aromatic nitrogens is 3. The molecule has 3 heterocycles. The number of nitrogens with one attached hydrogen (secondary N) is 1. The minimum atomic E-state index is -3.43. The van der Waals surface area contributed by atoms with E-state index in [1.165, 1.54) is 6.07 Å². The van der Waals surface area contributed by atoms with E-state index >= 15 is 0 Å². The first-order valence-electron chi connectivity index (χ1n) is 11.5. The van der Waals surface area contributed by atoms with Crippen molar-refractivity contribution >= 4 is 15.9 Å². The van der Waals surface area contributed by atoms with Crippen LogP contribution in [0.15, 0.2) is 29.4 Å². The number of benzene rings is 1. The maximum Gasteiger partial charge on any atom is 0.320 e. The van der Waals surface area contributed by atoms with E-state index in [0.29, 0.717) is 18.3 Å². The van der Waals surface area contributed by atoms with Gasteiger partial charge in [0.25, 0.3) is 0 Å². The van der Waals surface area contributed by atoms with Gasteiger partial charge in [0.2, 0.25) is 0 Å². The van der Waals surface area contributed by atoms with Crippen molar-refractivity contribution in [1.82, 2.24) is 25.0 Å². The highest BCUT2D eigenvalue weighted by molar-refractivity contribution is 7.90. The molecule has 1 N–H and O–H groups in total. The Morgan fingerprint density at radius 1 is 1.09 bits per heavy atom. The van der Waals surface area contributed by atoms with Gasteiger partial charge in [-0.15, -0.1) is 0 Å². The third-order valence-electron chi connectivity index (χ3n) is 8.15. The average molecular weight is 474 g/mol. The molecule has 8 nitrogen and oxygen atoms in total. The third kappa shape index (κ3) is 3.62. The topological polar surface area (TPSA) is 99.3 Å². The van der Waals surface area contributed by atoms with Gasteiger partial charge in [0, 0.05) is 49.2 Å². The van der Waals surface area contributed by atoms with Crippen LogP contribution in [-0.4, -0.2) is 71.9 Å². The van der Waals surface area contributed by atoms with Gasteiger partial charge in [-0.25, -0.2) is 22.6 Å². The molecular weight excluding hydrogens is 445 g/mol. The zero-order chi connectivity index (χ0) is 23.0. The second-order valence-electron chi connectivity index (χ2n) is 11.0. The quantitative estimate of drug-likeness (QED) is 0.736. The molecule has 2 amide bonds. The Bertz CT molecular complexity index is 1190. The normalized spacial score (nSPS) is 23.7. The molecule has 2 aromatic rings. The number of aromatic amines is 1. The summed E-state index contributed by atoms with van der Waals surface area (Å²) in [4.78, 5) is 21.1. The van der Waals surface area contributed by atoms with Crippen LogP contribution in [0.1, 0.15) is 43.0 Å². The molecule has 33 heavy (non-hydrogen) atoms. The van der Waals surface area contributed by atoms with Crippen molar-refractivity contribution in [3.63, 3.8) is 0 Å². The fraction of sp³-hybridized carbons (Fsp3) is 0.609. The Labute approximate surface area is 192 Å². The van der Waals surface area contributed by atoms with E-state index in [4.69, 9.17) is 0 Å². The zero-order valence-corrected chi connectivity index (χ0v) is 19.4. The molecule has 1 aromatic heterocycles. The number of nitrogens with zero attached hydrogens (tertiary/aromatic N) is 4. The summed E-state index contributed by atoms with van der Waals surface area (Å²) in [6, 6.07) is 4.26. The molecule has 0 radical (unpaired) electrons. The molecular formula is C23H28FN5O3S. The van der Waals surface area contributed by atoms with Crippen LogP contribution in [0, 0.1) is 22.6 Å². The summed E-state index contributed by atoms with van der Waals surface area (Å²) in [6.45, 7) is 3.27. The number of amides is 2. The maximum absolute atomic E-state index is 13.9. The van der Waals surface area contributed by atoms with Gasteiger partial charge in [0.1, 0.15) is 18.0 Å². The first-order valence-corrected chi connectivity index (χ1v) is 13.4. The van der Waals surface area contributed by atoms with Gasteiger partial charge in [-0.05, 0) is 61.8 Å². The third-order valence-corrected chi connectivity index (χ3v) is 9.24. The SMILES string of the molecule is CS(=O)(=O)c1cc(F)cc(CC2CC3(C2)CN(C(=O)N2CC4(CC(c5ncn[nH]5)C4)C2)C3)c1. The van der Waals surface area contributed by atoms with E-state index in [9.17, 15) is 17.6 Å². The lowest BCUT2D eigenvalue weighted by atomic mass is 9.56. The molecule has 0 atom stereocenters. The van der Waals surface area contributed by atoms with Crippen LogP contribution in [0.25, 0.3) is 0 Å². The van der Waals surface area contributed by atoms with Crippen molar-refractivity contribution in [2.45, 2.75) is 42.9 Å². The molecule has 1 aromatic carbocycles. The second-order valence-corrected chi connectivity index (χ2v) is 13.0. The van der Waals surface area contributed by atoms with Gasteiger partial charge in [-0.2, -0.15) is 5.10 Å². The predicted octanol–water partition coefficient (Wildman–Crippen LogP) is 2.60. The minimum absolute atomic E-state index is 0.0397. The van der Waals surface area contributed by atoms with Crippen molar-refractivity contribution in [3.05, 3.63) is 41.7 Å². The number of carbonyl (C=O) groups excluding carboxylic acids is 1. The first kappa shape index (κ1) is 21.1. The van der Waals surface area contributed by atoms with Crippen molar-refractivity contribution in [2.75, 3.05) is 32.4 Å². The van der Waals surface area contributed by atoms with Crippen LogP contribution < -0.4 is 0 Å². The zero-order valence-electron chi connectivity index (χ0n) is 18.6. The van der Waals surface area contributed by atoms with E-state index < -0.39 is 15.7 Å². The summed E-state index contributed by atoms with van der Waals surface area (Å²) < 4.78 is 37.4. The van der Waals surface area contributed by atoms with Crippen LogP contribution in [0.2, 0.25) is 0 Å². The number of hydrogen-bond donors (Lipinski definition) is 1. The van der Waals surface area contributed by atoms with Gasteiger partial charge in [-0.1, -0.05) is 0 Å². The molecule has 10 heteroatoms. The molecule has 0 bridgehead atoms. The van der Waals surface area contributed by atoms with Gasteiger partial charge in [0.15, 0.2) is 9.84 Å². The summed E-state index contributed by atoms with van der Waals surface area (Å²) in [5.74, 6) is 1.30. The highest BCUT2D eigenvalue weighted by atomic mass is 32.2. The monoisotopic (exact) mass is 473 g/mol. The maximum atomic E-state index is 13.9. The Morgan fingerprint density at radius 2 is 1.73 bits per heavy atom. The number of hydrogen-bond acceptors (Lipinski definition) is 5. The standard InChI is InChI=1S/C23H28FN5O3S/c1-33(31,32)19-4-15(3-18(24)5-19)2-16-6-22(7-16)10-28(11-22)21(30)29-12-23(13-29)8-17(9-23)20-25-14-26-27-20/h3-5,14,16-17H,2,6-13H2,1H3,(H,25,26,27). The fourth-order valence-electron chi connectivity index (χ4n) is 6.70. The van der Waals surface area contributed by atoms with Crippen LogP contribution in [0.3, 0.4) is 0 Å². The Hall–Kier alpha value is -2.49. The van der Waals surface area contributed by atoms with Crippen molar-refractivity contribution in [2.24, 2.45) is 16.7 Å². The van der Waals surface area contributed by atoms with Gasteiger partial charge in [-0.3, -0.25) is 5.10 Å². The largest absolute Gasteiger partial charge is 0.323 e. The van der Waals surface area contributed by atoms with Crippen molar-refractivity contribution < 1.29 is 17.6 Å². The van der Waals surface area contributed by atoms with Crippen LogP contribution in [0.4, 0.5) is 9.18 Å². The number of sulfone groups is 1. The smallest absolute Gasteiger partial charge is 0.320 e. The minimum Gasteiger partial charge on any atom is -0.323 e. The highest BCUT2D eigenvalue weighted by Crippen LogP contribution is 2.57. The Kier molecular flexibility index (Phi) is 4.47. The van der Waals surface area contributed by atoms with Crippen LogP contribution in [-0.2, 0) is 16.3 Å². The molecule has 6 rings (SSSR count). The Balaban J connectivity index is 0.962. The van der Waals surface area contributed by atoms with Crippen LogP contribution in [0.5, 0.6) is 0 Å². The Morgan fingerprint density at radius 3 is 2.30 bits per heavy atom. The number of H-pyrrole nitrogens is 1. The average Bonchev–Trinajstić information content (AvgIpc) is 3.13. The van der Waals surface area contributed by atoms with E-state index in [-0.39, 0.29) is 21.8 Å². The molecule has 0 unspecified atom stereocenters. The highest BCUT2D eigenvalue weighted by Gasteiger charge is 2.58. The number of urea groups is 1. The molecule has 2 spiro atoms. The molecule has 176 valence electrons.